The van der Waals surface area contributed by atoms with E-state index in [-0.39, 0.29) is 13.2 Å². The summed E-state index contributed by atoms with van der Waals surface area (Å²) in [6.07, 6.45) is 3.52. The molecule has 3 heterocycles. The summed E-state index contributed by atoms with van der Waals surface area (Å²) >= 11 is 0. The molecule has 1 fully saturated rings. The fraction of sp³-hybridized carbons (Fsp3) is 0.471. The highest BCUT2D eigenvalue weighted by Gasteiger charge is 2.29. The number of rotatable bonds is 6. The second-order valence-corrected chi connectivity index (χ2v) is 11.2. The molecule has 0 N–H and O–H groups in total. The molecule has 0 aliphatic carbocycles. The minimum Gasteiger partial charge on any atom is -0.488 e. The SMILES string of the molecule is C[C@@]1(COc2cccc3cccnc23)COCCOCCOC[C@@](C)(COc2cccc3cccnc23)OCCOCCO1. The molecule has 5 rings (SSSR count). The lowest BCUT2D eigenvalue weighted by atomic mass is 10.1. The van der Waals surface area contributed by atoms with Crippen molar-refractivity contribution in [3.05, 3.63) is 73.1 Å². The predicted octanol–water partition coefficient (Wildman–Crippen LogP) is 4.87. The van der Waals surface area contributed by atoms with Crippen LogP contribution in [0.1, 0.15) is 13.8 Å². The van der Waals surface area contributed by atoms with Crippen LogP contribution in [0.3, 0.4) is 0 Å². The fourth-order valence-electron chi connectivity index (χ4n) is 4.81. The van der Waals surface area contributed by atoms with Crippen molar-refractivity contribution >= 4 is 21.8 Å². The zero-order valence-corrected chi connectivity index (χ0v) is 25.6. The van der Waals surface area contributed by atoms with E-state index in [0.29, 0.717) is 77.6 Å². The Balaban J connectivity index is 1.15. The predicted molar refractivity (Wildman–Crippen MR) is 166 cm³/mol. The van der Waals surface area contributed by atoms with E-state index in [9.17, 15) is 0 Å². The minimum absolute atomic E-state index is 0.283. The summed E-state index contributed by atoms with van der Waals surface area (Å²) in [5.74, 6) is 1.40. The zero-order chi connectivity index (χ0) is 30.5. The van der Waals surface area contributed by atoms with Gasteiger partial charge in [-0.05, 0) is 38.1 Å². The molecular formula is C34H42N2O8. The van der Waals surface area contributed by atoms with Crippen LogP contribution in [0, 0.1) is 0 Å². The van der Waals surface area contributed by atoms with Gasteiger partial charge < -0.3 is 37.9 Å². The van der Waals surface area contributed by atoms with Crippen LogP contribution in [-0.4, -0.2) is 100 Å². The number of ether oxygens (including phenoxy) is 8. The van der Waals surface area contributed by atoms with Gasteiger partial charge in [-0.25, -0.2) is 0 Å². The number of nitrogens with zero attached hydrogens (tertiary/aromatic N) is 2. The largest absolute Gasteiger partial charge is 0.488 e. The van der Waals surface area contributed by atoms with E-state index < -0.39 is 11.2 Å². The first-order chi connectivity index (χ1) is 21.5. The molecule has 236 valence electrons. The minimum atomic E-state index is -0.711. The standard InChI is InChI=1S/C34H42N2O8/c1-33(25-41-29-11-3-7-27-9-5-13-35-31(27)29)23-39-17-15-37-16-18-40-24-34(2,44-22-20-38-19-21-43-33)26-42-30-12-4-8-28-10-6-14-36-32(28)30/h3-14H,15-26H2,1-2H3/t33-,34-/m0/s1. The lowest BCUT2D eigenvalue weighted by Gasteiger charge is -2.31. The van der Waals surface area contributed by atoms with Crippen molar-refractivity contribution in [3.8, 4) is 11.5 Å². The molecule has 0 amide bonds. The Labute approximate surface area is 258 Å². The summed E-state index contributed by atoms with van der Waals surface area (Å²) in [4.78, 5) is 8.97. The van der Waals surface area contributed by atoms with E-state index in [2.05, 4.69) is 9.97 Å². The summed E-state index contributed by atoms with van der Waals surface area (Å²) in [5, 5.41) is 2.03. The van der Waals surface area contributed by atoms with Crippen molar-refractivity contribution in [3.63, 3.8) is 0 Å². The lowest BCUT2D eigenvalue weighted by Crippen LogP contribution is -2.43. The highest BCUT2D eigenvalue weighted by molar-refractivity contribution is 5.84. The third-order valence-corrected chi connectivity index (χ3v) is 7.17. The van der Waals surface area contributed by atoms with E-state index in [0.717, 1.165) is 21.8 Å². The molecule has 0 unspecified atom stereocenters. The summed E-state index contributed by atoms with van der Waals surface area (Å²) < 4.78 is 48.4. The van der Waals surface area contributed by atoms with Crippen molar-refractivity contribution < 1.29 is 37.9 Å². The average molecular weight is 607 g/mol. The summed E-state index contributed by atoms with van der Waals surface area (Å²) in [7, 11) is 0. The van der Waals surface area contributed by atoms with Crippen LogP contribution >= 0.6 is 0 Å². The molecule has 0 radical (unpaired) electrons. The first-order valence-electron chi connectivity index (χ1n) is 15.1. The van der Waals surface area contributed by atoms with Crippen LogP contribution in [0.15, 0.2) is 73.1 Å². The maximum atomic E-state index is 6.25. The van der Waals surface area contributed by atoms with Gasteiger partial charge in [-0.1, -0.05) is 36.4 Å². The fourth-order valence-corrected chi connectivity index (χ4v) is 4.81. The third kappa shape index (κ3) is 9.31. The third-order valence-electron chi connectivity index (χ3n) is 7.17. The number of fused-ring (bicyclic) bond motifs is 2. The van der Waals surface area contributed by atoms with Gasteiger partial charge in [-0.3, -0.25) is 9.97 Å². The van der Waals surface area contributed by atoms with Crippen LogP contribution in [0.4, 0.5) is 0 Å². The maximum absolute atomic E-state index is 6.25. The van der Waals surface area contributed by atoms with E-state index in [1.54, 1.807) is 12.4 Å². The second kappa shape index (κ2) is 16.1. The molecule has 2 atom stereocenters. The average Bonchev–Trinajstić information content (AvgIpc) is 3.05. The number of benzene rings is 2. The molecule has 0 bridgehead atoms. The quantitative estimate of drug-likeness (QED) is 0.302. The van der Waals surface area contributed by atoms with Gasteiger partial charge in [0, 0.05) is 23.2 Å². The topological polar surface area (TPSA) is 99.6 Å². The Morgan fingerprint density at radius 3 is 1.43 bits per heavy atom. The van der Waals surface area contributed by atoms with Gasteiger partial charge >= 0.3 is 0 Å². The van der Waals surface area contributed by atoms with Crippen LogP contribution in [0.2, 0.25) is 0 Å². The molecule has 10 nitrogen and oxygen atoms in total. The number of aromatic nitrogens is 2. The van der Waals surface area contributed by atoms with Crippen LogP contribution in [-0.2, 0) is 28.4 Å². The molecule has 44 heavy (non-hydrogen) atoms. The Morgan fingerprint density at radius 1 is 0.545 bits per heavy atom. The first-order valence-corrected chi connectivity index (χ1v) is 15.1. The van der Waals surface area contributed by atoms with Gasteiger partial charge in [-0.15, -0.1) is 0 Å². The van der Waals surface area contributed by atoms with Gasteiger partial charge in [0.2, 0.25) is 0 Å². The molecule has 1 aliphatic rings. The van der Waals surface area contributed by atoms with Gasteiger partial charge in [0.05, 0.1) is 66.1 Å². The number of hydrogen-bond donors (Lipinski definition) is 0. The van der Waals surface area contributed by atoms with Crippen molar-refractivity contribution in [1.29, 1.82) is 0 Å². The number of hydrogen-bond acceptors (Lipinski definition) is 10. The summed E-state index contributed by atoms with van der Waals surface area (Å²) in [5.41, 5.74) is 0.199. The Kier molecular flexibility index (Phi) is 11.7. The lowest BCUT2D eigenvalue weighted by molar-refractivity contribution is -0.139. The van der Waals surface area contributed by atoms with Gasteiger partial charge in [0.25, 0.3) is 0 Å². The monoisotopic (exact) mass is 606 g/mol. The van der Waals surface area contributed by atoms with Crippen LogP contribution < -0.4 is 9.47 Å². The van der Waals surface area contributed by atoms with E-state index in [4.69, 9.17) is 37.9 Å². The molecule has 2 aromatic carbocycles. The number of pyridine rings is 2. The van der Waals surface area contributed by atoms with E-state index in [1.165, 1.54) is 0 Å². The molecule has 10 heteroatoms. The molecule has 1 saturated heterocycles. The van der Waals surface area contributed by atoms with Gasteiger partial charge in [0.15, 0.2) is 0 Å². The highest BCUT2D eigenvalue weighted by Crippen LogP contribution is 2.26. The Bertz CT molecular complexity index is 1340. The normalized spacial score (nSPS) is 23.5. The van der Waals surface area contributed by atoms with Crippen LogP contribution in [0.25, 0.3) is 21.8 Å². The van der Waals surface area contributed by atoms with E-state index >= 15 is 0 Å². The molecule has 0 spiro atoms. The molecule has 1 aliphatic heterocycles. The van der Waals surface area contributed by atoms with E-state index in [1.807, 2.05) is 74.5 Å². The van der Waals surface area contributed by atoms with Crippen molar-refractivity contribution in [2.24, 2.45) is 0 Å². The van der Waals surface area contributed by atoms with Gasteiger partial charge in [0.1, 0.15) is 46.9 Å². The molecule has 2 aromatic heterocycles. The Morgan fingerprint density at radius 2 is 0.955 bits per heavy atom. The molecular weight excluding hydrogens is 564 g/mol. The van der Waals surface area contributed by atoms with Crippen molar-refractivity contribution in [1.82, 2.24) is 9.97 Å². The first kappa shape index (κ1) is 32.0. The van der Waals surface area contributed by atoms with Crippen molar-refractivity contribution in [2.75, 3.05) is 79.3 Å². The number of para-hydroxylation sites is 2. The maximum Gasteiger partial charge on any atom is 0.145 e. The highest BCUT2D eigenvalue weighted by atomic mass is 16.6. The summed E-state index contributed by atoms with van der Waals surface area (Å²) in [6.45, 7) is 8.38. The second-order valence-electron chi connectivity index (χ2n) is 11.2. The van der Waals surface area contributed by atoms with Gasteiger partial charge in [-0.2, -0.15) is 0 Å². The Hall–Kier alpha value is -3.38. The molecule has 4 aromatic rings. The smallest absolute Gasteiger partial charge is 0.145 e. The summed E-state index contributed by atoms with van der Waals surface area (Å²) in [6, 6.07) is 19.6. The zero-order valence-electron chi connectivity index (χ0n) is 25.6. The van der Waals surface area contributed by atoms with Crippen LogP contribution in [0.5, 0.6) is 11.5 Å². The molecule has 0 saturated carbocycles. The van der Waals surface area contributed by atoms with Crippen molar-refractivity contribution in [2.45, 2.75) is 25.0 Å².